The van der Waals surface area contributed by atoms with Gasteiger partial charge in [0, 0.05) is 22.0 Å². The molecule has 3 rings (SSSR count). The fourth-order valence-corrected chi connectivity index (χ4v) is 3.42. The number of aromatic amines is 1. The van der Waals surface area contributed by atoms with Gasteiger partial charge in [-0.15, -0.1) is 11.3 Å². The molecule has 1 amide bonds. The van der Waals surface area contributed by atoms with Gasteiger partial charge in [0.1, 0.15) is 0 Å². The van der Waals surface area contributed by atoms with E-state index in [4.69, 9.17) is 4.74 Å². The van der Waals surface area contributed by atoms with Crippen molar-refractivity contribution in [1.29, 1.82) is 0 Å². The topological polar surface area (TPSA) is 84.1 Å². The maximum Gasteiger partial charge on any atom is 0.311 e. The van der Waals surface area contributed by atoms with Crippen LogP contribution in [0.2, 0.25) is 0 Å². The van der Waals surface area contributed by atoms with E-state index in [1.54, 1.807) is 12.3 Å². The highest BCUT2D eigenvalue weighted by atomic mass is 32.1. The Labute approximate surface area is 149 Å². The summed E-state index contributed by atoms with van der Waals surface area (Å²) in [6.07, 6.45) is 0.379. The second-order valence-corrected chi connectivity index (χ2v) is 6.48. The number of aryl methyl sites for hydroxylation is 1. The van der Waals surface area contributed by atoms with E-state index in [2.05, 4.69) is 15.3 Å². The average Bonchev–Trinajstić information content (AvgIpc) is 3.12. The number of fused-ring (bicyclic) bond motifs is 1. The van der Waals surface area contributed by atoms with Crippen molar-refractivity contribution in [3.05, 3.63) is 46.6 Å². The molecule has 0 unspecified atom stereocenters. The lowest BCUT2D eigenvalue weighted by molar-refractivity contribution is -0.142. The Morgan fingerprint density at radius 2 is 2.08 bits per heavy atom. The van der Waals surface area contributed by atoms with E-state index in [1.807, 2.05) is 31.2 Å². The highest BCUT2D eigenvalue weighted by Gasteiger charge is 2.14. The molecular formula is C18H19N3O3S. The van der Waals surface area contributed by atoms with Crippen LogP contribution in [0.4, 0.5) is 5.13 Å². The van der Waals surface area contributed by atoms with Crippen molar-refractivity contribution < 1.29 is 14.3 Å². The Kier molecular flexibility index (Phi) is 5.14. The van der Waals surface area contributed by atoms with E-state index in [-0.39, 0.29) is 24.7 Å². The van der Waals surface area contributed by atoms with Gasteiger partial charge < -0.3 is 15.0 Å². The number of rotatable bonds is 6. The van der Waals surface area contributed by atoms with Crippen molar-refractivity contribution in [2.75, 3.05) is 11.9 Å². The van der Waals surface area contributed by atoms with Gasteiger partial charge in [0.15, 0.2) is 5.13 Å². The van der Waals surface area contributed by atoms with Crippen LogP contribution in [0.5, 0.6) is 0 Å². The minimum atomic E-state index is -0.319. The molecule has 2 N–H and O–H groups in total. The highest BCUT2D eigenvalue weighted by molar-refractivity contribution is 7.13. The molecule has 0 saturated carbocycles. The van der Waals surface area contributed by atoms with Crippen LogP contribution in [0.1, 0.15) is 23.9 Å². The van der Waals surface area contributed by atoms with Crippen molar-refractivity contribution in [3.8, 4) is 0 Å². The Hall–Kier alpha value is -2.67. The van der Waals surface area contributed by atoms with Crippen LogP contribution in [0.15, 0.2) is 29.6 Å². The van der Waals surface area contributed by atoms with E-state index >= 15 is 0 Å². The van der Waals surface area contributed by atoms with Gasteiger partial charge in [0.25, 0.3) is 0 Å². The van der Waals surface area contributed by atoms with E-state index in [0.717, 1.165) is 22.2 Å². The maximum atomic E-state index is 12.4. The lowest BCUT2D eigenvalue weighted by atomic mass is 10.1. The second-order valence-electron chi connectivity index (χ2n) is 5.62. The molecule has 130 valence electrons. The third-order valence-electron chi connectivity index (χ3n) is 3.79. The first-order valence-electron chi connectivity index (χ1n) is 8.03. The summed E-state index contributed by atoms with van der Waals surface area (Å²) in [4.78, 5) is 31.4. The van der Waals surface area contributed by atoms with Gasteiger partial charge in [0.05, 0.1) is 25.1 Å². The van der Waals surface area contributed by atoms with Crippen molar-refractivity contribution >= 4 is 39.2 Å². The zero-order valence-corrected chi connectivity index (χ0v) is 14.9. The largest absolute Gasteiger partial charge is 0.466 e. The Bertz CT molecular complexity index is 913. The molecule has 0 fully saturated rings. The van der Waals surface area contributed by atoms with Crippen LogP contribution in [-0.4, -0.2) is 28.5 Å². The minimum absolute atomic E-state index is 0.113. The van der Waals surface area contributed by atoms with Crippen LogP contribution in [0.3, 0.4) is 0 Å². The number of benzene rings is 1. The number of anilines is 1. The number of nitrogens with one attached hydrogen (secondary N) is 2. The summed E-state index contributed by atoms with van der Waals surface area (Å²) in [5, 5.41) is 6.09. The van der Waals surface area contributed by atoms with Crippen molar-refractivity contribution in [1.82, 2.24) is 9.97 Å². The fourth-order valence-electron chi connectivity index (χ4n) is 2.69. The zero-order valence-electron chi connectivity index (χ0n) is 14.1. The van der Waals surface area contributed by atoms with E-state index < -0.39 is 0 Å². The fraction of sp³-hybridized carbons (Fsp3) is 0.278. The van der Waals surface area contributed by atoms with Crippen LogP contribution >= 0.6 is 11.3 Å². The van der Waals surface area contributed by atoms with Crippen LogP contribution in [0, 0.1) is 6.92 Å². The first-order chi connectivity index (χ1) is 12.1. The van der Waals surface area contributed by atoms with Gasteiger partial charge in [0.2, 0.25) is 5.91 Å². The Morgan fingerprint density at radius 1 is 1.28 bits per heavy atom. The van der Waals surface area contributed by atoms with Crippen LogP contribution < -0.4 is 5.32 Å². The lowest BCUT2D eigenvalue weighted by Crippen LogP contribution is -2.15. The SMILES string of the molecule is CCOC(=O)Cc1csc(NC(=O)Cc2c(C)[nH]c3ccccc23)n1. The molecule has 0 atom stereocenters. The first-order valence-corrected chi connectivity index (χ1v) is 8.91. The molecule has 0 spiro atoms. The molecule has 0 radical (unpaired) electrons. The number of carbonyl (C=O) groups excluding carboxylic acids is 2. The van der Waals surface area contributed by atoms with Crippen LogP contribution in [0.25, 0.3) is 10.9 Å². The molecule has 25 heavy (non-hydrogen) atoms. The monoisotopic (exact) mass is 357 g/mol. The number of nitrogens with zero attached hydrogens (tertiary/aromatic N) is 1. The average molecular weight is 357 g/mol. The normalized spacial score (nSPS) is 10.8. The number of hydrogen-bond acceptors (Lipinski definition) is 5. The van der Waals surface area contributed by atoms with Crippen LogP contribution in [-0.2, 0) is 27.2 Å². The van der Waals surface area contributed by atoms with E-state index in [0.29, 0.717) is 17.4 Å². The maximum absolute atomic E-state index is 12.4. The molecule has 0 saturated heterocycles. The molecule has 0 aliphatic heterocycles. The van der Waals surface area contributed by atoms with Gasteiger partial charge in [-0.25, -0.2) is 4.98 Å². The summed E-state index contributed by atoms with van der Waals surface area (Å²) < 4.78 is 4.90. The molecule has 0 aliphatic rings. The third-order valence-corrected chi connectivity index (χ3v) is 4.60. The van der Waals surface area contributed by atoms with Gasteiger partial charge >= 0.3 is 5.97 Å². The molecule has 2 aromatic heterocycles. The smallest absolute Gasteiger partial charge is 0.311 e. The number of carbonyl (C=O) groups is 2. The number of hydrogen-bond donors (Lipinski definition) is 2. The molecule has 0 bridgehead atoms. The van der Waals surface area contributed by atoms with Crippen molar-refractivity contribution in [2.24, 2.45) is 0 Å². The number of H-pyrrole nitrogens is 1. The predicted octanol–water partition coefficient (Wildman–Crippen LogP) is 3.22. The summed E-state index contributed by atoms with van der Waals surface area (Å²) in [7, 11) is 0. The highest BCUT2D eigenvalue weighted by Crippen LogP contribution is 2.23. The Morgan fingerprint density at radius 3 is 2.88 bits per heavy atom. The number of para-hydroxylation sites is 1. The number of ether oxygens (including phenoxy) is 1. The standard InChI is InChI=1S/C18H19N3O3S/c1-3-24-17(23)8-12-10-25-18(20-12)21-16(22)9-14-11(2)19-15-7-5-4-6-13(14)15/h4-7,10,19H,3,8-9H2,1-2H3,(H,20,21,22). The molecular weight excluding hydrogens is 338 g/mol. The zero-order chi connectivity index (χ0) is 17.8. The summed E-state index contributed by atoms with van der Waals surface area (Å²) in [6.45, 7) is 4.07. The minimum Gasteiger partial charge on any atom is -0.466 e. The van der Waals surface area contributed by atoms with Crippen molar-refractivity contribution in [3.63, 3.8) is 0 Å². The Balaban J connectivity index is 1.65. The summed E-state index contributed by atoms with van der Waals surface area (Å²) in [5.74, 6) is -0.454. The predicted molar refractivity (Wildman–Crippen MR) is 97.8 cm³/mol. The van der Waals surface area contributed by atoms with E-state index in [1.165, 1.54) is 11.3 Å². The molecule has 7 heteroatoms. The van der Waals surface area contributed by atoms with E-state index in [9.17, 15) is 9.59 Å². The molecule has 6 nitrogen and oxygen atoms in total. The number of amides is 1. The first kappa shape index (κ1) is 17.2. The number of thiazole rings is 1. The van der Waals surface area contributed by atoms with Gasteiger partial charge in [-0.1, -0.05) is 18.2 Å². The van der Waals surface area contributed by atoms with Gasteiger partial charge in [-0.3, -0.25) is 9.59 Å². The molecule has 1 aromatic carbocycles. The quantitative estimate of drug-likeness (QED) is 0.664. The molecule has 0 aliphatic carbocycles. The summed E-state index contributed by atoms with van der Waals surface area (Å²) in [6, 6.07) is 7.91. The summed E-state index contributed by atoms with van der Waals surface area (Å²) in [5.41, 5.74) is 3.59. The number of aromatic nitrogens is 2. The number of esters is 1. The summed E-state index contributed by atoms with van der Waals surface area (Å²) >= 11 is 1.30. The lowest BCUT2D eigenvalue weighted by Gasteiger charge is -2.03. The molecule has 2 heterocycles. The molecule has 3 aromatic rings. The van der Waals surface area contributed by atoms with Gasteiger partial charge in [-0.05, 0) is 25.5 Å². The second kappa shape index (κ2) is 7.48. The van der Waals surface area contributed by atoms with Crippen molar-refractivity contribution in [2.45, 2.75) is 26.7 Å². The van der Waals surface area contributed by atoms with Gasteiger partial charge in [-0.2, -0.15) is 0 Å². The third kappa shape index (κ3) is 4.06.